The summed E-state index contributed by atoms with van der Waals surface area (Å²) >= 11 is 0. The number of nitrogens with zero attached hydrogens (tertiary/aromatic N) is 2. The zero-order valence-electron chi connectivity index (χ0n) is 9.46. The van der Waals surface area contributed by atoms with Crippen molar-refractivity contribution < 1.29 is 19.7 Å². The molecule has 0 amide bonds. The Balaban J connectivity index is 2.49. The Morgan fingerprint density at radius 3 is 3.06 bits per heavy atom. The Labute approximate surface area is 98.4 Å². The van der Waals surface area contributed by atoms with Crippen LogP contribution < -0.4 is 5.32 Å². The maximum absolute atomic E-state index is 10.8. The number of aromatic carboxylic acids is 1. The Morgan fingerprint density at radius 2 is 2.41 bits per heavy atom. The molecule has 7 nitrogen and oxygen atoms in total. The molecule has 1 unspecified atom stereocenters. The van der Waals surface area contributed by atoms with Crippen molar-refractivity contribution >= 4 is 11.8 Å². The third-order valence-electron chi connectivity index (χ3n) is 2.08. The number of anilines is 1. The van der Waals surface area contributed by atoms with Crippen LogP contribution >= 0.6 is 0 Å². The highest BCUT2D eigenvalue weighted by Crippen LogP contribution is 2.09. The zero-order chi connectivity index (χ0) is 12.7. The number of methoxy groups -OCH3 is 1. The van der Waals surface area contributed by atoms with Gasteiger partial charge in [-0.15, -0.1) is 5.10 Å². The van der Waals surface area contributed by atoms with Gasteiger partial charge in [-0.25, -0.2) is 4.79 Å². The van der Waals surface area contributed by atoms with Crippen molar-refractivity contribution in [2.24, 2.45) is 0 Å². The standard InChI is InChI=1S/C10H15N3O4/c1-17-6-7(14)2-4-11-9-8(10(15)16)3-5-12-13-9/h3,5,7,14H,2,4,6H2,1H3,(H,11,13)(H,15,16). The molecule has 1 rings (SSSR count). The van der Waals surface area contributed by atoms with E-state index < -0.39 is 12.1 Å². The van der Waals surface area contributed by atoms with E-state index in [1.807, 2.05) is 0 Å². The molecular formula is C10H15N3O4. The molecule has 3 N–H and O–H groups in total. The summed E-state index contributed by atoms with van der Waals surface area (Å²) in [5, 5.41) is 28.4. The molecule has 0 aliphatic rings. The number of aromatic nitrogens is 2. The Hall–Kier alpha value is -1.73. The fourth-order valence-electron chi connectivity index (χ4n) is 1.27. The summed E-state index contributed by atoms with van der Waals surface area (Å²) in [6, 6.07) is 1.36. The highest BCUT2D eigenvalue weighted by Gasteiger charge is 2.11. The van der Waals surface area contributed by atoms with Gasteiger partial charge in [0.2, 0.25) is 0 Å². The molecule has 0 radical (unpaired) electrons. The van der Waals surface area contributed by atoms with Crippen LogP contribution in [0.2, 0.25) is 0 Å². The van der Waals surface area contributed by atoms with Crippen LogP contribution in [0, 0.1) is 0 Å². The number of aliphatic hydroxyl groups is 1. The molecule has 0 aromatic carbocycles. The van der Waals surface area contributed by atoms with Crippen LogP contribution in [0.5, 0.6) is 0 Å². The summed E-state index contributed by atoms with van der Waals surface area (Å²) in [5.74, 6) is -0.871. The highest BCUT2D eigenvalue weighted by atomic mass is 16.5. The predicted octanol–water partition coefficient (Wildman–Crippen LogP) is -0.0159. The van der Waals surface area contributed by atoms with Crippen LogP contribution in [-0.2, 0) is 4.74 Å². The van der Waals surface area contributed by atoms with E-state index in [-0.39, 0.29) is 18.0 Å². The minimum absolute atomic E-state index is 0.0567. The molecule has 1 aromatic rings. The molecule has 1 heterocycles. The largest absolute Gasteiger partial charge is 0.478 e. The zero-order valence-corrected chi connectivity index (χ0v) is 9.46. The predicted molar refractivity (Wildman–Crippen MR) is 60.0 cm³/mol. The number of hydrogen-bond acceptors (Lipinski definition) is 6. The lowest BCUT2D eigenvalue weighted by atomic mass is 10.2. The molecule has 0 spiro atoms. The van der Waals surface area contributed by atoms with E-state index in [9.17, 15) is 9.90 Å². The van der Waals surface area contributed by atoms with Crippen molar-refractivity contribution in [2.45, 2.75) is 12.5 Å². The summed E-state index contributed by atoms with van der Waals surface area (Å²) in [4.78, 5) is 10.8. The SMILES string of the molecule is COCC(O)CCNc1nnccc1C(=O)O. The van der Waals surface area contributed by atoms with Gasteiger partial charge in [0.05, 0.1) is 18.9 Å². The number of rotatable bonds is 7. The molecule has 0 aliphatic heterocycles. The number of carboxylic acid groups (broad SMARTS) is 1. The second-order valence-corrected chi connectivity index (χ2v) is 3.42. The summed E-state index contributed by atoms with van der Waals surface area (Å²) in [7, 11) is 1.50. The Morgan fingerprint density at radius 1 is 1.65 bits per heavy atom. The summed E-state index contributed by atoms with van der Waals surface area (Å²) in [5.41, 5.74) is 0.0567. The van der Waals surface area contributed by atoms with Crippen LogP contribution in [0.25, 0.3) is 0 Å². The van der Waals surface area contributed by atoms with E-state index in [1.54, 1.807) is 0 Å². The molecular weight excluding hydrogens is 226 g/mol. The van der Waals surface area contributed by atoms with Gasteiger partial charge in [-0.05, 0) is 12.5 Å². The van der Waals surface area contributed by atoms with Gasteiger partial charge in [-0.2, -0.15) is 5.10 Å². The van der Waals surface area contributed by atoms with Crippen LogP contribution in [0.15, 0.2) is 12.3 Å². The molecule has 0 fully saturated rings. The number of nitrogens with one attached hydrogen (secondary N) is 1. The summed E-state index contributed by atoms with van der Waals surface area (Å²) in [6.07, 6.45) is 1.16. The number of carboxylic acids is 1. The second kappa shape index (κ2) is 6.77. The van der Waals surface area contributed by atoms with Gasteiger partial charge in [0.1, 0.15) is 5.56 Å². The van der Waals surface area contributed by atoms with E-state index in [0.717, 1.165) is 0 Å². The first kappa shape index (κ1) is 13.3. The van der Waals surface area contributed by atoms with Crippen molar-refractivity contribution in [3.8, 4) is 0 Å². The van der Waals surface area contributed by atoms with Crippen molar-refractivity contribution in [2.75, 3.05) is 25.6 Å². The maximum Gasteiger partial charge on any atom is 0.339 e. The average molecular weight is 241 g/mol. The van der Waals surface area contributed by atoms with Crippen molar-refractivity contribution in [1.29, 1.82) is 0 Å². The molecule has 17 heavy (non-hydrogen) atoms. The molecule has 7 heteroatoms. The monoisotopic (exact) mass is 241 g/mol. The van der Waals surface area contributed by atoms with Crippen LogP contribution in [0.1, 0.15) is 16.8 Å². The van der Waals surface area contributed by atoms with Crippen LogP contribution in [-0.4, -0.2) is 52.7 Å². The normalized spacial score (nSPS) is 12.1. The van der Waals surface area contributed by atoms with Crippen LogP contribution in [0.3, 0.4) is 0 Å². The Bertz CT molecular complexity index is 372. The Kier molecular flexibility index (Phi) is 5.31. The van der Waals surface area contributed by atoms with Gasteiger partial charge >= 0.3 is 5.97 Å². The number of hydrogen-bond donors (Lipinski definition) is 3. The molecule has 1 aromatic heterocycles. The molecule has 0 saturated heterocycles. The third-order valence-corrected chi connectivity index (χ3v) is 2.08. The fraction of sp³-hybridized carbons (Fsp3) is 0.500. The smallest absolute Gasteiger partial charge is 0.339 e. The maximum atomic E-state index is 10.8. The van der Waals surface area contributed by atoms with E-state index in [2.05, 4.69) is 15.5 Å². The quantitative estimate of drug-likeness (QED) is 0.616. The van der Waals surface area contributed by atoms with Crippen molar-refractivity contribution in [1.82, 2.24) is 10.2 Å². The lowest BCUT2D eigenvalue weighted by molar-refractivity contribution is 0.0615. The molecule has 94 valence electrons. The fourth-order valence-corrected chi connectivity index (χ4v) is 1.27. The van der Waals surface area contributed by atoms with Crippen molar-refractivity contribution in [3.05, 3.63) is 17.8 Å². The first-order chi connectivity index (χ1) is 8.15. The van der Waals surface area contributed by atoms with Gasteiger partial charge in [0.25, 0.3) is 0 Å². The first-order valence-corrected chi connectivity index (χ1v) is 5.11. The van der Waals surface area contributed by atoms with Crippen molar-refractivity contribution in [3.63, 3.8) is 0 Å². The summed E-state index contributed by atoms with van der Waals surface area (Å²) in [6.45, 7) is 0.636. The summed E-state index contributed by atoms with van der Waals surface area (Å²) < 4.78 is 4.77. The molecule has 0 saturated carbocycles. The van der Waals surface area contributed by atoms with E-state index in [1.165, 1.54) is 19.4 Å². The van der Waals surface area contributed by atoms with Gasteiger partial charge in [-0.3, -0.25) is 0 Å². The minimum atomic E-state index is -1.07. The van der Waals surface area contributed by atoms with Crippen LogP contribution in [0.4, 0.5) is 5.82 Å². The van der Waals surface area contributed by atoms with Gasteiger partial charge < -0.3 is 20.3 Å². The second-order valence-electron chi connectivity index (χ2n) is 3.42. The van der Waals surface area contributed by atoms with Gasteiger partial charge in [0, 0.05) is 13.7 Å². The average Bonchev–Trinajstić information content (AvgIpc) is 2.30. The molecule has 0 bridgehead atoms. The van der Waals surface area contributed by atoms with Gasteiger partial charge in [0.15, 0.2) is 5.82 Å². The van der Waals surface area contributed by atoms with E-state index >= 15 is 0 Å². The third kappa shape index (κ3) is 4.33. The number of carbonyl (C=O) groups is 1. The molecule has 1 atom stereocenters. The lowest BCUT2D eigenvalue weighted by Gasteiger charge is -2.11. The van der Waals surface area contributed by atoms with E-state index in [0.29, 0.717) is 13.0 Å². The van der Waals surface area contributed by atoms with E-state index in [4.69, 9.17) is 9.84 Å². The molecule has 0 aliphatic carbocycles. The first-order valence-electron chi connectivity index (χ1n) is 5.11. The minimum Gasteiger partial charge on any atom is -0.478 e. The topological polar surface area (TPSA) is 105 Å². The lowest BCUT2D eigenvalue weighted by Crippen LogP contribution is -2.19. The number of ether oxygens (including phenoxy) is 1. The highest BCUT2D eigenvalue weighted by molar-refractivity contribution is 5.92. The van der Waals surface area contributed by atoms with Gasteiger partial charge in [-0.1, -0.05) is 0 Å². The number of aliphatic hydroxyl groups excluding tert-OH is 1.